The van der Waals surface area contributed by atoms with Crippen molar-refractivity contribution in [2.75, 3.05) is 32.7 Å². The van der Waals surface area contributed by atoms with Crippen molar-refractivity contribution in [1.29, 1.82) is 0 Å². The fraction of sp³-hybridized carbons (Fsp3) is 0.619. The zero-order valence-electron chi connectivity index (χ0n) is 17.1. The Kier molecular flexibility index (Phi) is 9.11. The number of nitrogens with zero attached hydrogens (tertiary/aromatic N) is 2. The first-order valence-corrected chi connectivity index (χ1v) is 10.3. The molecule has 0 spiro atoms. The lowest BCUT2D eigenvalue weighted by molar-refractivity contribution is 0.0955. The molecule has 1 amide bonds. The third-order valence-corrected chi connectivity index (χ3v) is 4.76. The first kappa shape index (κ1) is 21.2. The van der Waals surface area contributed by atoms with E-state index in [1.54, 1.807) is 0 Å². The molecule has 6 heteroatoms. The number of aliphatic imine (C=N–C) groups is 1. The van der Waals surface area contributed by atoms with Gasteiger partial charge in [0.05, 0.1) is 6.54 Å². The van der Waals surface area contributed by atoms with Crippen LogP contribution in [0.4, 0.5) is 0 Å². The average Bonchev–Trinajstić information content (AvgIpc) is 2.68. The lowest BCUT2D eigenvalue weighted by Crippen LogP contribution is -2.48. The van der Waals surface area contributed by atoms with Crippen molar-refractivity contribution in [3.05, 3.63) is 35.4 Å². The minimum Gasteiger partial charge on any atom is -0.357 e. The lowest BCUT2D eigenvalue weighted by Gasteiger charge is -2.32. The minimum absolute atomic E-state index is 0.0350. The van der Waals surface area contributed by atoms with Crippen LogP contribution in [-0.2, 0) is 6.54 Å². The number of nitrogens with one attached hydrogen (secondary N) is 3. The van der Waals surface area contributed by atoms with Crippen LogP contribution < -0.4 is 16.0 Å². The molecule has 1 saturated heterocycles. The SMILES string of the molecule is CCCN1CCC(NC(=NCc2cccc(C(=O)NCC)c2)NCC)CC1. The molecule has 0 saturated carbocycles. The summed E-state index contributed by atoms with van der Waals surface area (Å²) in [4.78, 5) is 19.3. The van der Waals surface area contributed by atoms with E-state index in [0.717, 1.165) is 44.0 Å². The van der Waals surface area contributed by atoms with E-state index in [1.807, 2.05) is 31.2 Å². The van der Waals surface area contributed by atoms with Gasteiger partial charge in [0.15, 0.2) is 5.96 Å². The summed E-state index contributed by atoms with van der Waals surface area (Å²) in [6.07, 6.45) is 3.52. The van der Waals surface area contributed by atoms with E-state index >= 15 is 0 Å². The normalized spacial score (nSPS) is 16.2. The van der Waals surface area contributed by atoms with Gasteiger partial charge in [0.1, 0.15) is 0 Å². The Morgan fingerprint density at radius 2 is 1.89 bits per heavy atom. The number of carbonyl (C=O) groups excluding carboxylic acids is 1. The summed E-state index contributed by atoms with van der Waals surface area (Å²) < 4.78 is 0. The van der Waals surface area contributed by atoms with Gasteiger partial charge in [0.25, 0.3) is 5.91 Å². The molecule has 0 unspecified atom stereocenters. The second kappa shape index (κ2) is 11.6. The first-order valence-electron chi connectivity index (χ1n) is 10.3. The number of amides is 1. The van der Waals surface area contributed by atoms with Crippen molar-refractivity contribution < 1.29 is 4.79 Å². The van der Waals surface area contributed by atoms with Gasteiger partial charge in [-0.15, -0.1) is 0 Å². The number of carbonyl (C=O) groups is 1. The van der Waals surface area contributed by atoms with Crippen LogP contribution in [0.25, 0.3) is 0 Å². The number of hydrogen-bond acceptors (Lipinski definition) is 3. The summed E-state index contributed by atoms with van der Waals surface area (Å²) in [6, 6.07) is 8.16. The molecule has 1 fully saturated rings. The molecule has 1 heterocycles. The number of likely N-dealkylation sites (tertiary alicyclic amines) is 1. The van der Waals surface area contributed by atoms with Crippen molar-refractivity contribution >= 4 is 11.9 Å². The molecule has 1 aliphatic rings. The summed E-state index contributed by atoms with van der Waals surface area (Å²) in [5.41, 5.74) is 1.72. The van der Waals surface area contributed by atoms with Crippen LogP contribution in [0.15, 0.2) is 29.3 Å². The van der Waals surface area contributed by atoms with Crippen LogP contribution in [0.1, 0.15) is 56.0 Å². The Bertz CT molecular complexity index is 608. The minimum atomic E-state index is -0.0350. The summed E-state index contributed by atoms with van der Waals surface area (Å²) in [5, 5.41) is 9.76. The number of piperidine rings is 1. The summed E-state index contributed by atoms with van der Waals surface area (Å²) in [5.74, 6) is 0.821. The Morgan fingerprint density at radius 1 is 1.15 bits per heavy atom. The summed E-state index contributed by atoms with van der Waals surface area (Å²) >= 11 is 0. The molecule has 27 heavy (non-hydrogen) atoms. The van der Waals surface area contributed by atoms with E-state index < -0.39 is 0 Å². The van der Waals surface area contributed by atoms with Crippen LogP contribution >= 0.6 is 0 Å². The van der Waals surface area contributed by atoms with E-state index in [0.29, 0.717) is 24.7 Å². The molecule has 0 aromatic heterocycles. The molecular formula is C21H35N5O. The highest BCUT2D eigenvalue weighted by Crippen LogP contribution is 2.11. The van der Waals surface area contributed by atoms with Gasteiger partial charge in [-0.3, -0.25) is 4.79 Å². The standard InChI is InChI=1S/C21H35N5O/c1-4-12-26-13-10-19(11-14-26)25-21(23-6-3)24-16-17-8-7-9-18(15-17)20(27)22-5-2/h7-9,15,19H,4-6,10-14,16H2,1-3H3,(H,22,27)(H2,23,24,25). The Morgan fingerprint density at radius 3 is 2.56 bits per heavy atom. The monoisotopic (exact) mass is 373 g/mol. The predicted molar refractivity (Wildman–Crippen MR) is 112 cm³/mol. The van der Waals surface area contributed by atoms with Gasteiger partial charge in [0, 0.05) is 37.8 Å². The van der Waals surface area contributed by atoms with Gasteiger partial charge in [-0.05, 0) is 57.4 Å². The van der Waals surface area contributed by atoms with E-state index in [2.05, 4.69) is 34.7 Å². The molecule has 1 aromatic carbocycles. The highest BCUT2D eigenvalue weighted by molar-refractivity contribution is 5.94. The van der Waals surface area contributed by atoms with Crippen molar-refractivity contribution in [2.45, 2.75) is 52.6 Å². The largest absolute Gasteiger partial charge is 0.357 e. The van der Waals surface area contributed by atoms with Crippen LogP contribution in [0, 0.1) is 0 Å². The van der Waals surface area contributed by atoms with Crippen molar-refractivity contribution in [2.24, 2.45) is 4.99 Å². The zero-order chi connectivity index (χ0) is 19.5. The molecule has 0 aliphatic carbocycles. The second-order valence-corrected chi connectivity index (χ2v) is 7.02. The molecule has 0 radical (unpaired) electrons. The third kappa shape index (κ3) is 7.21. The smallest absolute Gasteiger partial charge is 0.251 e. The molecule has 2 rings (SSSR count). The van der Waals surface area contributed by atoms with Crippen LogP contribution in [-0.4, -0.2) is 55.5 Å². The molecule has 0 bridgehead atoms. The van der Waals surface area contributed by atoms with Crippen molar-refractivity contribution in [3.8, 4) is 0 Å². The molecular weight excluding hydrogens is 338 g/mol. The van der Waals surface area contributed by atoms with E-state index in [9.17, 15) is 4.79 Å². The molecule has 0 atom stereocenters. The quantitative estimate of drug-likeness (QED) is 0.483. The second-order valence-electron chi connectivity index (χ2n) is 7.02. The molecule has 1 aliphatic heterocycles. The maximum Gasteiger partial charge on any atom is 0.251 e. The topological polar surface area (TPSA) is 68.8 Å². The van der Waals surface area contributed by atoms with Crippen LogP contribution in [0.3, 0.4) is 0 Å². The van der Waals surface area contributed by atoms with Gasteiger partial charge in [-0.25, -0.2) is 4.99 Å². The first-order chi connectivity index (χ1) is 13.2. The van der Waals surface area contributed by atoms with Gasteiger partial charge in [-0.1, -0.05) is 19.1 Å². The fourth-order valence-electron chi connectivity index (χ4n) is 3.37. The maximum absolute atomic E-state index is 12.0. The average molecular weight is 374 g/mol. The summed E-state index contributed by atoms with van der Waals surface area (Å²) in [6.45, 7) is 11.8. The highest BCUT2D eigenvalue weighted by Gasteiger charge is 2.19. The number of guanidine groups is 1. The maximum atomic E-state index is 12.0. The number of rotatable bonds is 8. The Labute approximate surface area is 163 Å². The van der Waals surface area contributed by atoms with Gasteiger partial charge in [-0.2, -0.15) is 0 Å². The van der Waals surface area contributed by atoms with E-state index in [1.165, 1.54) is 13.0 Å². The Balaban J connectivity index is 1.93. The predicted octanol–water partition coefficient (Wildman–Crippen LogP) is 2.37. The third-order valence-electron chi connectivity index (χ3n) is 4.76. The number of hydrogen-bond donors (Lipinski definition) is 3. The molecule has 1 aromatic rings. The summed E-state index contributed by atoms with van der Waals surface area (Å²) in [7, 11) is 0. The van der Waals surface area contributed by atoms with Crippen molar-refractivity contribution in [3.63, 3.8) is 0 Å². The highest BCUT2D eigenvalue weighted by atomic mass is 16.1. The van der Waals surface area contributed by atoms with Gasteiger partial charge >= 0.3 is 0 Å². The zero-order valence-corrected chi connectivity index (χ0v) is 17.1. The van der Waals surface area contributed by atoms with Crippen LogP contribution in [0.5, 0.6) is 0 Å². The Hall–Kier alpha value is -2.08. The number of benzene rings is 1. The van der Waals surface area contributed by atoms with Gasteiger partial charge in [0.2, 0.25) is 0 Å². The molecule has 150 valence electrons. The van der Waals surface area contributed by atoms with E-state index in [-0.39, 0.29) is 5.91 Å². The molecule has 6 nitrogen and oxygen atoms in total. The fourth-order valence-corrected chi connectivity index (χ4v) is 3.37. The van der Waals surface area contributed by atoms with Crippen LogP contribution in [0.2, 0.25) is 0 Å². The van der Waals surface area contributed by atoms with E-state index in [4.69, 9.17) is 4.99 Å². The van der Waals surface area contributed by atoms with Crippen molar-refractivity contribution in [1.82, 2.24) is 20.9 Å². The van der Waals surface area contributed by atoms with Gasteiger partial charge < -0.3 is 20.9 Å². The lowest BCUT2D eigenvalue weighted by atomic mass is 10.1. The molecule has 3 N–H and O–H groups in total.